The molecule has 4 rings (SSSR count). The van der Waals surface area contributed by atoms with Crippen LogP contribution in [0.3, 0.4) is 0 Å². The van der Waals surface area contributed by atoms with Crippen molar-refractivity contribution in [2.45, 2.75) is 32.3 Å². The normalized spacial score (nSPS) is 21.4. The van der Waals surface area contributed by atoms with E-state index in [1.54, 1.807) is 29.4 Å². The van der Waals surface area contributed by atoms with E-state index in [0.717, 1.165) is 23.4 Å². The van der Waals surface area contributed by atoms with Crippen LogP contribution in [0, 0.1) is 5.92 Å². The molecule has 26 heavy (non-hydrogen) atoms. The lowest BCUT2D eigenvalue weighted by molar-refractivity contribution is -0.127. The average molecular weight is 370 g/mol. The summed E-state index contributed by atoms with van der Waals surface area (Å²) in [6, 6.07) is 9.43. The number of anilines is 1. The van der Waals surface area contributed by atoms with Crippen LogP contribution >= 0.6 is 11.3 Å². The highest BCUT2D eigenvalue weighted by atomic mass is 32.1. The Bertz CT molecular complexity index is 860. The molecule has 0 radical (unpaired) electrons. The van der Waals surface area contributed by atoms with Crippen LogP contribution in [-0.2, 0) is 17.6 Å². The maximum Gasteiger partial charge on any atom is 0.268 e. The summed E-state index contributed by atoms with van der Waals surface area (Å²) >= 11 is 1.60. The van der Waals surface area contributed by atoms with E-state index in [2.05, 4.69) is 12.2 Å². The number of fused-ring (bicyclic) bond motifs is 2. The van der Waals surface area contributed by atoms with Crippen molar-refractivity contribution < 1.29 is 14.3 Å². The third-order valence-electron chi connectivity index (χ3n) is 5.10. The number of nitrogens with zero attached hydrogens (tertiary/aromatic N) is 1. The fourth-order valence-corrected chi connectivity index (χ4v) is 4.83. The zero-order valence-corrected chi connectivity index (χ0v) is 15.8. The van der Waals surface area contributed by atoms with Gasteiger partial charge in [-0.1, -0.05) is 19.1 Å². The molecule has 2 aromatic rings. The van der Waals surface area contributed by atoms with Gasteiger partial charge in [-0.25, -0.2) is 0 Å². The summed E-state index contributed by atoms with van der Waals surface area (Å²) in [5.74, 6) is 0.954. The first kappa shape index (κ1) is 17.1. The van der Waals surface area contributed by atoms with Crippen LogP contribution in [-0.4, -0.2) is 31.5 Å². The lowest BCUT2D eigenvalue weighted by Gasteiger charge is -2.33. The number of thiophene rings is 1. The summed E-state index contributed by atoms with van der Waals surface area (Å²) in [6.45, 7) is 2.47. The molecule has 5 nitrogen and oxygen atoms in total. The Morgan fingerprint density at radius 3 is 2.92 bits per heavy atom. The molecule has 6 heteroatoms. The molecule has 0 spiro atoms. The minimum Gasteiger partial charge on any atom is -0.477 e. The van der Waals surface area contributed by atoms with Gasteiger partial charge in [-0.3, -0.25) is 14.5 Å². The Balaban J connectivity index is 1.67. The number of amides is 2. The zero-order valence-electron chi connectivity index (χ0n) is 15.0. The van der Waals surface area contributed by atoms with Gasteiger partial charge in [0.1, 0.15) is 5.75 Å². The molecule has 2 unspecified atom stereocenters. The van der Waals surface area contributed by atoms with Crippen molar-refractivity contribution in [2.75, 3.05) is 18.5 Å². The van der Waals surface area contributed by atoms with Gasteiger partial charge in [0.05, 0.1) is 17.1 Å². The number of rotatable bonds is 2. The predicted octanol–water partition coefficient (Wildman–Crippen LogP) is 3.03. The van der Waals surface area contributed by atoms with E-state index in [1.807, 2.05) is 24.3 Å². The highest BCUT2D eigenvalue weighted by Crippen LogP contribution is 2.37. The van der Waals surface area contributed by atoms with Gasteiger partial charge in [0.2, 0.25) is 0 Å². The number of hydrogen-bond acceptors (Lipinski definition) is 4. The fourth-order valence-electron chi connectivity index (χ4n) is 3.67. The molecule has 2 atom stereocenters. The van der Waals surface area contributed by atoms with Crippen molar-refractivity contribution in [3.8, 4) is 5.75 Å². The topological polar surface area (TPSA) is 58.6 Å². The van der Waals surface area contributed by atoms with Crippen molar-refractivity contribution >= 4 is 28.8 Å². The van der Waals surface area contributed by atoms with Gasteiger partial charge in [-0.15, -0.1) is 11.3 Å². The molecular weight excluding hydrogens is 348 g/mol. The first-order valence-corrected chi connectivity index (χ1v) is 9.79. The molecular formula is C20H22N2O3S. The van der Waals surface area contributed by atoms with E-state index in [1.165, 1.54) is 16.9 Å². The number of para-hydroxylation sites is 2. The van der Waals surface area contributed by atoms with Crippen LogP contribution in [0.15, 0.2) is 30.3 Å². The SMILES string of the molecule is CNC(=O)C1CN(C(=O)c2cc3c(s2)CCC(C)C3)c2ccccc2O1. The summed E-state index contributed by atoms with van der Waals surface area (Å²) in [7, 11) is 1.58. The Morgan fingerprint density at radius 1 is 1.31 bits per heavy atom. The average Bonchev–Trinajstić information content (AvgIpc) is 3.09. The number of carbonyl (C=O) groups is 2. The first-order valence-electron chi connectivity index (χ1n) is 8.97. The lowest BCUT2D eigenvalue weighted by atomic mass is 9.90. The van der Waals surface area contributed by atoms with Crippen molar-refractivity contribution in [1.82, 2.24) is 5.32 Å². The third kappa shape index (κ3) is 2.98. The van der Waals surface area contributed by atoms with E-state index in [9.17, 15) is 9.59 Å². The Hall–Kier alpha value is -2.34. The van der Waals surface area contributed by atoms with E-state index >= 15 is 0 Å². The second kappa shape index (κ2) is 6.76. The lowest BCUT2D eigenvalue weighted by Crippen LogP contribution is -2.50. The largest absolute Gasteiger partial charge is 0.477 e. The van der Waals surface area contributed by atoms with E-state index in [-0.39, 0.29) is 18.4 Å². The molecule has 2 amide bonds. The highest BCUT2D eigenvalue weighted by Gasteiger charge is 2.34. The number of hydrogen-bond donors (Lipinski definition) is 1. The van der Waals surface area contributed by atoms with Crippen LogP contribution in [0.25, 0.3) is 0 Å². The zero-order chi connectivity index (χ0) is 18.3. The Morgan fingerprint density at radius 2 is 2.12 bits per heavy atom. The fraction of sp³-hybridized carbons (Fsp3) is 0.400. The summed E-state index contributed by atoms with van der Waals surface area (Å²) in [5, 5.41) is 2.61. The maximum absolute atomic E-state index is 13.3. The van der Waals surface area contributed by atoms with Gasteiger partial charge in [0.15, 0.2) is 6.10 Å². The van der Waals surface area contributed by atoms with Crippen molar-refractivity contribution in [1.29, 1.82) is 0 Å². The molecule has 0 fully saturated rings. The van der Waals surface area contributed by atoms with Crippen LogP contribution in [0.2, 0.25) is 0 Å². The number of aryl methyl sites for hydroxylation is 1. The van der Waals surface area contributed by atoms with Crippen LogP contribution in [0.4, 0.5) is 5.69 Å². The Labute approximate surface area is 157 Å². The van der Waals surface area contributed by atoms with Crippen LogP contribution in [0.1, 0.15) is 33.5 Å². The highest BCUT2D eigenvalue weighted by molar-refractivity contribution is 7.14. The van der Waals surface area contributed by atoms with Crippen molar-refractivity contribution in [2.24, 2.45) is 5.92 Å². The minimum atomic E-state index is -0.701. The van der Waals surface area contributed by atoms with Crippen LogP contribution in [0.5, 0.6) is 5.75 Å². The molecule has 1 aromatic carbocycles. The van der Waals surface area contributed by atoms with E-state index in [0.29, 0.717) is 11.7 Å². The number of nitrogens with one attached hydrogen (secondary N) is 1. The van der Waals surface area contributed by atoms with Gasteiger partial charge in [-0.2, -0.15) is 0 Å². The first-order chi connectivity index (χ1) is 12.6. The summed E-state index contributed by atoms with van der Waals surface area (Å²) in [6.07, 6.45) is 2.57. The monoisotopic (exact) mass is 370 g/mol. The van der Waals surface area contributed by atoms with E-state index in [4.69, 9.17) is 4.74 Å². The molecule has 2 heterocycles. The molecule has 1 aliphatic heterocycles. The summed E-state index contributed by atoms with van der Waals surface area (Å²) in [5.41, 5.74) is 2.03. The van der Waals surface area contributed by atoms with Gasteiger partial charge in [-0.05, 0) is 48.9 Å². The molecule has 136 valence electrons. The molecule has 0 bridgehead atoms. The number of benzene rings is 1. The van der Waals surface area contributed by atoms with Crippen molar-refractivity contribution in [3.05, 3.63) is 45.6 Å². The molecule has 1 aliphatic carbocycles. The molecule has 0 saturated carbocycles. The summed E-state index contributed by atoms with van der Waals surface area (Å²) in [4.78, 5) is 29.1. The number of likely N-dealkylation sites (N-methyl/N-ethyl adjacent to an activating group) is 1. The number of carbonyl (C=O) groups excluding carboxylic acids is 2. The van der Waals surface area contributed by atoms with Crippen molar-refractivity contribution in [3.63, 3.8) is 0 Å². The standard InChI is InChI=1S/C20H22N2O3S/c1-12-7-8-17-13(9-12)10-18(26-17)20(24)22-11-16(19(23)21-2)25-15-6-4-3-5-14(15)22/h3-6,10,12,16H,7-9,11H2,1-2H3,(H,21,23). The number of ether oxygens (including phenoxy) is 1. The second-order valence-corrected chi connectivity index (χ2v) is 8.15. The van der Waals surface area contributed by atoms with Gasteiger partial charge in [0.25, 0.3) is 11.8 Å². The predicted molar refractivity (Wildman–Crippen MR) is 102 cm³/mol. The second-order valence-electron chi connectivity index (χ2n) is 7.01. The quantitative estimate of drug-likeness (QED) is 0.884. The summed E-state index contributed by atoms with van der Waals surface area (Å²) < 4.78 is 5.79. The van der Waals surface area contributed by atoms with Gasteiger partial charge < -0.3 is 10.1 Å². The minimum absolute atomic E-state index is 0.0540. The smallest absolute Gasteiger partial charge is 0.268 e. The van der Waals surface area contributed by atoms with E-state index < -0.39 is 6.10 Å². The Kier molecular flexibility index (Phi) is 4.44. The van der Waals surface area contributed by atoms with Gasteiger partial charge in [0, 0.05) is 11.9 Å². The maximum atomic E-state index is 13.3. The molecule has 1 aromatic heterocycles. The molecule has 0 saturated heterocycles. The molecule has 1 N–H and O–H groups in total. The molecule has 2 aliphatic rings. The third-order valence-corrected chi connectivity index (χ3v) is 6.32. The van der Waals surface area contributed by atoms with Crippen LogP contribution < -0.4 is 15.0 Å². The van der Waals surface area contributed by atoms with Gasteiger partial charge >= 0.3 is 0 Å².